The van der Waals surface area contributed by atoms with E-state index in [9.17, 15) is 19.7 Å². The number of hydrogen-bond acceptors (Lipinski definition) is 6. The molecule has 1 aliphatic rings. The number of hydrogen-bond donors (Lipinski definition) is 0. The van der Waals surface area contributed by atoms with Gasteiger partial charge in [0.1, 0.15) is 6.04 Å². The van der Waals surface area contributed by atoms with E-state index >= 15 is 0 Å². The van der Waals surface area contributed by atoms with E-state index in [0.717, 1.165) is 0 Å². The summed E-state index contributed by atoms with van der Waals surface area (Å²) in [5.41, 5.74) is 0.966. The fraction of sp³-hybridized carbons (Fsp3) is 0.389. The minimum atomic E-state index is -0.472. The van der Waals surface area contributed by atoms with Crippen LogP contribution in [-0.2, 0) is 4.79 Å². The van der Waals surface area contributed by atoms with Crippen molar-refractivity contribution in [3.8, 4) is 5.69 Å². The molecule has 1 aliphatic heterocycles. The zero-order valence-electron chi connectivity index (χ0n) is 15.6. The molecule has 0 radical (unpaired) electrons. The van der Waals surface area contributed by atoms with Gasteiger partial charge in [0.15, 0.2) is 0 Å². The molecule has 148 valence electrons. The molecule has 1 aromatic carbocycles. The van der Waals surface area contributed by atoms with Crippen LogP contribution in [0.25, 0.3) is 5.69 Å². The molecule has 3 rings (SSSR count). The van der Waals surface area contributed by atoms with Crippen LogP contribution in [0.4, 0.5) is 5.69 Å². The van der Waals surface area contributed by atoms with Gasteiger partial charge in [-0.25, -0.2) is 4.68 Å². The zero-order valence-corrected chi connectivity index (χ0v) is 16.5. The normalized spacial score (nSPS) is 16.2. The number of thioether (sulfide) groups is 1. The van der Waals surface area contributed by atoms with E-state index in [1.165, 1.54) is 23.0 Å². The predicted octanol–water partition coefficient (Wildman–Crippen LogP) is 2.16. The summed E-state index contributed by atoms with van der Waals surface area (Å²) in [7, 11) is 0. The maximum atomic E-state index is 12.9. The van der Waals surface area contributed by atoms with Crippen molar-refractivity contribution >= 4 is 29.3 Å². The third-order valence-electron chi connectivity index (χ3n) is 4.66. The monoisotopic (exact) mass is 403 g/mol. The molecular formula is C18H21N5O4S. The highest BCUT2D eigenvalue weighted by atomic mass is 32.2. The van der Waals surface area contributed by atoms with Gasteiger partial charge in [-0.05, 0) is 26.0 Å². The van der Waals surface area contributed by atoms with Crippen LogP contribution in [0, 0.1) is 10.1 Å². The number of aromatic nitrogens is 2. The summed E-state index contributed by atoms with van der Waals surface area (Å²) in [6.07, 6.45) is 3.02. The van der Waals surface area contributed by atoms with Gasteiger partial charge in [-0.3, -0.25) is 19.7 Å². The van der Waals surface area contributed by atoms with Crippen molar-refractivity contribution in [3.05, 3.63) is 52.3 Å². The van der Waals surface area contributed by atoms with Crippen LogP contribution in [0.15, 0.2) is 36.7 Å². The Bertz CT molecular complexity index is 878. The molecular weight excluding hydrogens is 382 g/mol. The highest BCUT2D eigenvalue weighted by molar-refractivity contribution is 7.99. The standard InChI is InChI=1S/C18H21N5O4S/c1-3-20(4-2)18(25)16-11-28-12-21(16)17(24)13-9-19-22(10-13)14-5-7-15(8-6-14)23(26)27/h5-10,16H,3-4,11-12H2,1-2H3. The summed E-state index contributed by atoms with van der Waals surface area (Å²) in [5, 5.41) is 15.0. The summed E-state index contributed by atoms with van der Waals surface area (Å²) in [6, 6.07) is 5.43. The Morgan fingerprint density at radius 1 is 1.29 bits per heavy atom. The average Bonchev–Trinajstić information content (AvgIpc) is 3.38. The van der Waals surface area contributed by atoms with E-state index in [1.54, 1.807) is 39.9 Å². The number of likely N-dealkylation sites (N-methyl/N-ethyl adjacent to an activating group) is 1. The number of non-ortho nitro benzene ring substituents is 1. The molecule has 0 N–H and O–H groups in total. The first-order chi connectivity index (χ1) is 13.5. The predicted molar refractivity (Wildman–Crippen MR) is 105 cm³/mol. The van der Waals surface area contributed by atoms with Crippen LogP contribution in [0.3, 0.4) is 0 Å². The maximum Gasteiger partial charge on any atom is 0.269 e. The van der Waals surface area contributed by atoms with Gasteiger partial charge in [-0.15, -0.1) is 11.8 Å². The van der Waals surface area contributed by atoms with Gasteiger partial charge in [0.05, 0.1) is 28.2 Å². The highest BCUT2D eigenvalue weighted by Gasteiger charge is 2.37. The number of carbonyl (C=O) groups excluding carboxylic acids is 2. The van der Waals surface area contributed by atoms with Gasteiger partial charge in [0.2, 0.25) is 5.91 Å². The molecule has 1 saturated heterocycles. The quantitative estimate of drug-likeness (QED) is 0.541. The molecule has 2 aromatic rings. The number of amides is 2. The van der Waals surface area contributed by atoms with Gasteiger partial charge >= 0.3 is 0 Å². The molecule has 1 atom stereocenters. The first-order valence-electron chi connectivity index (χ1n) is 8.93. The summed E-state index contributed by atoms with van der Waals surface area (Å²) in [5.74, 6) is 0.756. The van der Waals surface area contributed by atoms with Crippen LogP contribution in [0.2, 0.25) is 0 Å². The third kappa shape index (κ3) is 3.86. The molecule has 0 spiro atoms. The van der Waals surface area contributed by atoms with E-state index in [2.05, 4.69) is 5.10 Å². The highest BCUT2D eigenvalue weighted by Crippen LogP contribution is 2.25. The van der Waals surface area contributed by atoms with Gasteiger partial charge < -0.3 is 9.80 Å². The maximum absolute atomic E-state index is 12.9. The zero-order chi connectivity index (χ0) is 20.3. The lowest BCUT2D eigenvalue weighted by molar-refractivity contribution is -0.384. The summed E-state index contributed by atoms with van der Waals surface area (Å²) < 4.78 is 1.49. The average molecular weight is 403 g/mol. The van der Waals surface area contributed by atoms with Gasteiger partial charge in [0.25, 0.3) is 11.6 Å². The number of rotatable bonds is 6. The van der Waals surface area contributed by atoms with Gasteiger partial charge in [0, 0.05) is 37.2 Å². The first-order valence-corrected chi connectivity index (χ1v) is 10.1. The lowest BCUT2D eigenvalue weighted by Gasteiger charge is -2.28. The second-order valence-electron chi connectivity index (χ2n) is 6.25. The smallest absolute Gasteiger partial charge is 0.269 e. The van der Waals surface area contributed by atoms with Crippen molar-refractivity contribution in [1.29, 1.82) is 0 Å². The minimum Gasteiger partial charge on any atom is -0.341 e. The molecule has 2 amide bonds. The fourth-order valence-electron chi connectivity index (χ4n) is 3.06. The number of nitro benzene ring substituents is 1. The summed E-state index contributed by atoms with van der Waals surface area (Å²) in [4.78, 5) is 39.3. The van der Waals surface area contributed by atoms with Crippen molar-refractivity contribution in [2.24, 2.45) is 0 Å². The van der Waals surface area contributed by atoms with Gasteiger partial charge in [-0.2, -0.15) is 5.10 Å². The van der Waals surface area contributed by atoms with E-state index in [0.29, 0.717) is 36.0 Å². The Labute approximate surface area is 166 Å². The second kappa shape index (κ2) is 8.42. The van der Waals surface area contributed by atoms with Crippen molar-refractivity contribution in [1.82, 2.24) is 19.6 Å². The van der Waals surface area contributed by atoms with Crippen molar-refractivity contribution in [2.75, 3.05) is 24.7 Å². The Morgan fingerprint density at radius 3 is 2.57 bits per heavy atom. The Morgan fingerprint density at radius 2 is 1.96 bits per heavy atom. The van der Waals surface area contributed by atoms with Crippen LogP contribution in [-0.4, -0.2) is 67.1 Å². The lowest BCUT2D eigenvalue weighted by atomic mass is 10.2. The van der Waals surface area contributed by atoms with Crippen LogP contribution < -0.4 is 0 Å². The fourth-order valence-corrected chi connectivity index (χ4v) is 4.21. The van der Waals surface area contributed by atoms with Crippen LogP contribution in [0.5, 0.6) is 0 Å². The molecule has 1 fully saturated rings. The molecule has 9 nitrogen and oxygen atoms in total. The van der Waals surface area contributed by atoms with E-state index < -0.39 is 11.0 Å². The largest absolute Gasteiger partial charge is 0.341 e. The number of benzene rings is 1. The van der Waals surface area contributed by atoms with Crippen LogP contribution in [0.1, 0.15) is 24.2 Å². The minimum absolute atomic E-state index is 0.0148. The Hall–Kier alpha value is -2.88. The molecule has 0 saturated carbocycles. The van der Waals surface area contributed by atoms with E-state index in [4.69, 9.17) is 0 Å². The molecule has 0 aliphatic carbocycles. The molecule has 1 unspecified atom stereocenters. The van der Waals surface area contributed by atoms with Crippen molar-refractivity contribution in [3.63, 3.8) is 0 Å². The summed E-state index contributed by atoms with van der Waals surface area (Å²) in [6.45, 7) is 5.06. The van der Waals surface area contributed by atoms with E-state index in [1.807, 2.05) is 13.8 Å². The lowest BCUT2D eigenvalue weighted by Crippen LogP contribution is -2.48. The molecule has 2 heterocycles. The summed E-state index contributed by atoms with van der Waals surface area (Å²) >= 11 is 1.55. The number of carbonyl (C=O) groups is 2. The third-order valence-corrected chi connectivity index (χ3v) is 5.67. The van der Waals surface area contributed by atoms with Crippen LogP contribution >= 0.6 is 11.8 Å². The molecule has 0 bridgehead atoms. The molecule has 28 heavy (non-hydrogen) atoms. The van der Waals surface area contributed by atoms with E-state index in [-0.39, 0.29) is 17.5 Å². The molecule has 10 heteroatoms. The topological polar surface area (TPSA) is 102 Å². The van der Waals surface area contributed by atoms with Gasteiger partial charge in [-0.1, -0.05) is 0 Å². The molecule has 1 aromatic heterocycles. The first kappa shape index (κ1) is 19.9. The number of nitrogens with zero attached hydrogens (tertiary/aromatic N) is 5. The van der Waals surface area contributed by atoms with Crippen molar-refractivity contribution in [2.45, 2.75) is 19.9 Å². The second-order valence-corrected chi connectivity index (χ2v) is 7.25. The van der Waals surface area contributed by atoms with Crippen molar-refractivity contribution < 1.29 is 14.5 Å². The SMILES string of the molecule is CCN(CC)C(=O)C1CSCN1C(=O)c1cnn(-c2ccc([N+](=O)[O-])cc2)c1. The Kier molecular flexibility index (Phi) is 5.98. The number of nitro groups is 1. The Balaban J connectivity index is 1.77.